The average Bonchev–Trinajstić information content (AvgIpc) is 2.95. The number of cyclic esters (lactones) is 1. The number of ether oxygens (including phenoxy) is 1. The molecule has 5 heteroatoms. The van der Waals surface area contributed by atoms with Gasteiger partial charge in [0.15, 0.2) is 0 Å². The van der Waals surface area contributed by atoms with Crippen molar-refractivity contribution in [1.29, 1.82) is 0 Å². The van der Waals surface area contributed by atoms with Crippen molar-refractivity contribution in [2.75, 3.05) is 11.5 Å². The van der Waals surface area contributed by atoms with Crippen LogP contribution in [0.15, 0.2) is 53.7 Å². The molecule has 0 saturated carbocycles. The van der Waals surface area contributed by atoms with Crippen LogP contribution in [0.25, 0.3) is 0 Å². The maximum Gasteiger partial charge on any atom is 0.336 e. The van der Waals surface area contributed by atoms with Crippen LogP contribution in [-0.4, -0.2) is 18.5 Å². The van der Waals surface area contributed by atoms with Crippen LogP contribution in [0.3, 0.4) is 0 Å². The number of carbonyl (C=O) groups excluding carboxylic acids is 2. The van der Waals surface area contributed by atoms with Crippen LogP contribution in [0.4, 0.5) is 5.69 Å². The molecule has 0 aliphatic carbocycles. The van der Waals surface area contributed by atoms with Crippen molar-refractivity contribution in [2.45, 2.75) is 26.2 Å². The first-order chi connectivity index (χ1) is 12.5. The van der Waals surface area contributed by atoms with E-state index in [4.69, 9.17) is 16.3 Å². The van der Waals surface area contributed by atoms with Gasteiger partial charge in [0.1, 0.15) is 6.61 Å². The van der Waals surface area contributed by atoms with Gasteiger partial charge in [0, 0.05) is 23.0 Å². The van der Waals surface area contributed by atoms with Gasteiger partial charge in [0.2, 0.25) is 5.91 Å². The van der Waals surface area contributed by atoms with E-state index >= 15 is 0 Å². The van der Waals surface area contributed by atoms with Gasteiger partial charge in [-0.1, -0.05) is 35.9 Å². The van der Waals surface area contributed by atoms with Crippen molar-refractivity contribution in [3.05, 3.63) is 75.4 Å². The summed E-state index contributed by atoms with van der Waals surface area (Å²) in [5.74, 6) is -0.799. The molecule has 0 N–H and O–H groups in total. The molecule has 1 unspecified atom stereocenters. The van der Waals surface area contributed by atoms with E-state index in [0.29, 0.717) is 16.3 Å². The second-order valence-corrected chi connectivity index (χ2v) is 7.20. The average molecular weight is 368 g/mol. The summed E-state index contributed by atoms with van der Waals surface area (Å²) in [5.41, 5.74) is 4.85. The third-order valence-corrected chi connectivity index (χ3v) is 5.21. The van der Waals surface area contributed by atoms with Gasteiger partial charge in [-0.05, 0) is 48.7 Å². The van der Waals surface area contributed by atoms with Crippen LogP contribution in [0.2, 0.25) is 5.02 Å². The Hall–Kier alpha value is -2.59. The van der Waals surface area contributed by atoms with Crippen LogP contribution < -0.4 is 4.90 Å². The molecule has 0 spiro atoms. The van der Waals surface area contributed by atoms with Crippen molar-refractivity contribution in [3.8, 4) is 0 Å². The van der Waals surface area contributed by atoms with Gasteiger partial charge in [0.05, 0.1) is 11.3 Å². The van der Waals surface area contributed by atoms with Crippen molar-refractivity contribution >= 4 is 29.2 Å². The molecule has 4 nitrogen and oxygen atoms in total. The highest BCUT2D eigenvalue weighted by Gasteiger charge is 2.43. The van der Waals surface area contributed by atoms with Crippen LogP contribution >= 0.6 is 11.6 Å². The fraction of sp³-hybridized carbons (Fsp3) is 0.238. The smallest absolute Gasteiger partial charge is 0.336 e. The molecule has 0 fully saturated rings. The molecule has 2 heterocycles. The number of hydrogen-bond donors (Lipinski definition) is 0. The first kappa shape index (κ1) is 16.9. The Morgan fingerprint density at radius 1 is 1.08 bits per heavy atom. The third-order valence-electron chi connectivity index (χ3n) is 4.86. The van der Waals surface area contributed by atoms with E-state index in [1.165, 1.54) is 0 Å². The molecule has 1 amide bonds. The molecule has 2 aromatic carbocycles. The highest BCUT2D eigenvalue weighted by atomic mass is 35.5. The second-order valence-electron chi connectivity index (χ2n) is 6.79. The Kier molecular flexibility index (Phi) is 4.08. The molecule has 2 aliphatic heterocycles. The number of halogens is 1. The number of benzene rings is 2. The first-order valence-electron chi connectivity index (χ1n) is 8.51. The molecule has 0 radical (unpaired) electrons. The Morgan fingerprint density at radius 3 is 2.46 bits per heavy atom. The standard InChI is InChI=1S/C21H18ClNO3/c1-12-7-13(2)9-14(8-12)23-18-11-26-21(25)20(18)16(10-19(23)24)15-5-3-4-6-17(15)22/h3-9,16H,10-11H2,1-2H3. The maximum atomic E-state index is 13.0. The van der Waals surface area contributed by atoms with Crippen LogP contribution in [0, 0.1) is 13.8 Å². The summed E-state index contributed by atoms with van der Waals surface area (Å²) in [6, 6.07) is 13.3. The van der Waals surface area contributed by atoms with Gasteiger partial charge >= 0.3 is 5.97 Å². The van der Waals surface area contributed by atoms with Crippen LogP contribution in [0.1, 0.15) is 29.0 Å². The van der Waals surface area contributed by atoms with E-state index in [1.54, 1.807) is 11.0 Å². The normalized spacial score (nSPS) is 19.7. The number of aryl methyl sites for hydroxylation is 2. The number of carbonyl (C=O) groups is 2. The minimum atomic E-state index is -0.372. The predicted molar refractivity (Wildman–Crippen MR) is 100 cm³/mol. The number of hydrogen-bond acceptors (Lipinski definition) is 3. The minimum absolute atomic E-state index is 0.0584. The van der Waals surface area contributed by atoms with Crippen LogP contribution in [0.5, 0.6) is 0 Å². The van der Waals surface area contributed by atoms with Gasteiger partial charge in [-0.25, -0.2) is 4.79 Å². The van der Waals surface area contributed by atoms with Gasteiger partial charge in [-0.15, -0.1) is 0 Å². The van der Waals surface area contributed by atoms with E-state index in [2.05, 4.69) is 6.07 Å². The fourth-order valence-electron chi connectivity index (χ4n) is 3.86. The molecule has 0 saturated heterocycles. The minimum Gasteiger partial charge on any atom is -0.456 e. The van der Waals surface area contributed by atoms with E-state index in [0.717, 1.165) is 22.4 Å². The monoisotopic (exact) mass is 367 g/mol. The van der Waals surface area contributed by atoms with Crippen molar-refractivity contribution in [3.63, 3.8) is 0 Å². The summed E-state index contributed by atoms with van der Waals surface area (Å²) < 4.78 is 5.30. The Morgan fingerprint density at radius 2 is 1.77 bits per heavy atom. The predicted octanol–water partition coefficient (Wildman–Crippen LogP) is 4.29. The third kappa shape index (κ3) is 2.71. The quantitative estimate of drug-likeness (QED) is 0.744. The summed E-state index contributed by atoms with van der Waals surface area (Å²) in [4.78, 5) is 27.1. The number of anilines is 1. The zero-order valence-electron chi connectivity index (χ0n) is 14.6. The first-order valence-corrected chi connectivity index (χ1v) is 8.89. The lowest BCUT2D eigenvalue weighted by Gasteiger charge is -2.32. The highest BCUT2D eigenvalue weighted by molar-refractivity contribution is 6.31. The number of amides is 1. The van der Waals surface area contributed by atoms with Gasteiger partial charge < -0.3 is 4.74 Å². The number of rotatable bonds is 2. The van der Waals surface area contributed by atoms with Gasteiger partial charge in [-0.3, -0.25) is 9.69 Å². The summed E-state index contributed by atoms with van der Waals surface area (Å²) in [7, 11) is 0. The molecule has 2 aromatic rings. The van der Waals surface area contributed by atoms with E-state index in [9.17, 15) is 9.59 Å². The zero-order chi connectivity index (χ0) is 18.4. The molecule has 4 rings (SSSR count). The largest absolute Gasteiger partial charge is 0.456 e. The Balaban J connectivity index is 1.87. The molecule has 2 aliphatic rings. The molecule has 0 bridgehead atoms. The van der Waals surface area contributed by atoms with Crippen molar-refractivity contribution in [1.82, 2.24) is 0 Å². The lowest BCUT2D eigenvalue weighted by Crippen LogP contribution is -2.37. The van der Waals surface area contributed by atoms with E-state index in [1.807, 2.05) is 44.2 Å². The fourth-order valence-corrected chi connectivity index (χ4v) is 4.12. The molecule has 26 heavy (non-hydrogen) atoms. The Bertz CT molecular complexity index is 943. The topological polar surface area (TPSA) is 46.6 Å². The lowest BCUT2D eigenvalue weighted by molar-refractivity contribution is -0.136. The molecular formula is C21H18ClNO3. The van der Waals surface area contributed by atoms with Gasteiger partial charge in [-0.2, -0.15) is 0 Å². The number of nitrogens with zero attached hydrogens (tertiary/aromatic N) is 1. The molecule has 0 aromatic heterocycles. The zero-order valence-corrected chi connectivity index (χ0v) is 15.3. The molecule has 132 valence electrons. The molecule has 1 atom stereocenters. The molecular weight excluding hydrogens is 350 g/mol. The number of esters is 1. The lowest BCUT2D eigenvalue weighted by atomic mass is 9.84. The summed E-state index contributed by atoms with van der Waals surface area (Å²) >= 11 is 6.34. The van der Waals surface area contributed by atoms with Gasteiger partial charge in [0.25, 0.3) is 0 Å². The maximum absolute atomic E-state index is 13.0. The van der Waals surface area contributed by atoms with Crippen LogP contribution in [-0.2, 0) is 14.3 Å². The van der Waals surface area contributed by atoms with Crippen molar-refractivity contribution in [2.24, 2.45) is 0 Å². The van der Waals surface area contributed by atoms with E-state index in [-0.39, 0.29) is 30.8 Å². The van der Waals surface area contributed by atoms with E-state index < -0.39 is 0 Å². The Labute approximate surface area is 157 Å². The summed E-state index contributed by atoms with van der Waals surface area (Å²) in [5, 5.41) is 0.553. The highest BCUT2D eigenvalue weighted by Crippen LogP contribution is 2.43. The second kappa shape index (κ2) is 6.29. The summed E-state index contributed by atoms with van der Waals surface area (Å²) in [6.45, 7) is 4.08. The SMILES string of the molecule is Cc1cc(C)cc(N2C(=O)CC(c3ccccc3Cl)C3=C2COC3=O)c1. The summed E-state index contributed by atoms with van der Waals surface area (Å²) in [6.07, 6.45) is 0.185. The van der Waals surface area contributed by atoms with Crippen molar-refractivity contribution < 1.29 is 14.3 Å².